The van der Waals surface area contributed by atoms with Crippen LogP contribution in [0.2, 0.25) is 0 Å². The van der Waals surface area contributed by atoms with Crippen LogP contribution >= 0.6 is 0 Å². The van der Waals surface area contributed by atoms with Gasteiger partial charge in [-0.2, -0.15) is 0 Å². The van der Waals surface area contributed by atoms with Crippen LogP contribution in [0.5, 0.6) is 0 Å². The van der Waals surface area contributed by atoms with Crippen LogP contribution < -0.4 is 17.0 Å². The molecule has 0 radical (unpaired) electrons. The Bertz CT molecular complexity index is 677. The second-order valence-electron chi connectivity index (χ2n) is 4.47. The summed E-state index contributed by atoms with van der Waals surface area (Å²) in [5.41, 5.74) is 6.99. The lowest BCUT2D eigenvalue weighted by molar-refractivity contribution is 0.550. The van der Waals surface area contributed by atoms with Crippen molar-refractivity contribution >= 4 is 5.82 Å². The van der Waals surface area contributed by atoms with E-state index in [2.05, 4.69) is 11.6 Å². The molecule has 0 saturated heterocycles. The lowest BCUT2D eigenvalue weighted by Crippen LogP contribution is -2.33. The summed E-state index contributed by atoms with van der Waals surface area (Å²) in [7, 11) is 0. The molecular weight excluding hydrogens is 242 g/mol. The van der Waals surface area contributed by atoms with E-state index in [1.54, 1.807) is 6.08 Å². The van der Waals surface area contributed by atoms with Crippen molar-refractivity contribution in [3.63, 3.8) is 0 Å². The van der Waals surface area contributed by atoms with Crippen LogP contribution in [-0.4, -0.2) is 9.55 Å². The number of hydrogen-bond donors (Lipinski definition) is 2. The van der Waals surface area contributed by atoms with Gasteiger partial charge >= 0.3 is 5.69 Å². The highest BCUT2D eigenvalue weighted by molar-refractivity contribution is 5.41. The lowest BCUT2D eigenvalue weighted by Gasteiger charge is -2.17. The monoisotopic (exact) mass is 259 g/mol. The van der Waals surface area contributed by atoms with Crippen molar-refractivity contribution in [3.8, 4) is 0 Å². The van der Waals surface area contributed by atoms with Crippen LogP contribution in [0.25, 0.3) is 0 Å². The van der Waals surface area contributed by atoms with Gasteiger partial charge in [-0.05, 0) is 30.9 Å². The van der Waals surface area contributed by atoms with Crippen LogP contribution in [0, 0.1) is 0 Å². The molecule has 100 valence electrons. The molecule has 5 nitrogen and oxygen atoms in total. The van der Waals surface area contributed by atoms with Crippen molar-refractivity contribution in [3.05, 3.63) is 62.9 Å². The zero-order chi connectivity index (χ0) is 14.0. The number of anilines is 1. The number of nitrogen functional groups attached to an aromatic ring is 1. The Morgan fingerprint density at radius 1 is 1.53 bits per heavy atom. The highest BCUT2D eigenvalue weighted by Gasteiger charge is 2.26. The number of nitrogens with two attached hydrogens (primary N) is 1. The van der Waals surface area contributed by atoms with Gasteiger partial charge in [-0.25, -0.2) is 4.79 Å². The number of nitrogens with zero attached hydrogens (tertiary/aromatic N) is 1. The molecule has 0 aromatic carbocycles. The smallest absolute Gasteiger partial charge is 0.330 e. The Kier molecular flexibility index (Phi) is 3.55. The molecule has 1 heterocycles. The maximum atomic E-state index is 11.9. The van der Waals surface area contributed by atoms with E-state index < -0.39 is 11.2 Å². The van der Waals surface area contributed by atoms with Crippen molar-refractivity contribution in [2.75, 3.05) is 5.73 Å². The Morgan fingerprint density at radius 3 is 2.84 bits per heavy atom. The molecule has 1 aromatic rings. The zero-order valence-corrected chi connectivity index (χ0v) is 10.8. The fourth-order valence-corrected chi connectivity index (χ4v) is 2.57. The second-order valence-corrected chi connectivity index (χ2v) is 4.47. The highest BCUT2D eigenvalue weighted by Crippen LogP contribution is 2.37. The fourth-order valence-electron chi connectivity index (χ4n) is 2.57. The molecule has 1 aliphatic rings. The number of nitrogens with one attached hydrogen (secondary N) is 1. The molecule has 1 aromatic heterocycles. The lowest BCUT2D eigenvalue weighted by atomic mass is 10.1. The van der Waals surface area contributed by atoms with Gasteiger partial charge < -0.3 is 5.73 Å². The van der Waals surface area contributed by atoms with Crippen LogP contribution in [-0.2, 0) is 0 Å². The molecule has 0 saturated carbocycles. The van der Waals surface area contributed by atoms with Crippen LogP contribution in [0.4, 0.5) is 5.82 Å². The molecule has 1 atom stereocenters. The van der Waals surface area contributed by atoms with Gasteiger partial charge in [0.1, 0.15) is 5.82 Å². The Hall–Kier alpha value is -2.30. The normalized spacial score (nSPS) is 19.3. The fraction of sp³-hybridized carbons (Fsp3) is 0.286. The van der Waals surface area contributed by atoms with Gasteiger partial charge in [0.2, 0.25) is 0 Å². The summed E-state index contributed by atoms with van der Waals surface area (Å²) in [5.74, 6) is 0.180. The summed E-state index contributed by atoms with van der Waals surface area (Å²) in [5, 5.41) is 0. The van der Waals surface area contributed by atoms with Crippen LogP contribution in [0.3, 0.4) is 0 Å². The predicted molar refractivity (Wildman–Crippen MR) is 76.0 cm³/mol. The topological polar surface area (TPSA) is 80.9 Å². The van der Waals surface area contributed by atoms with E-state index in [9.17, 15) is 9.59 Å². The van der Waals surface area contributed by atoms with Gasteiger partial charge in [0, 0.05) is 6.07 Å². The molecule has 1 aliphatic carbocycles. The van der Waals surface area contributed by atoms with E-state index in [1.807, 2.05) is 19.1 Å². The molecule has 5 heteroatoms. The second kappa shape index (κ2) is 5.14. The first-order chi connectivity index (χ1) is 9.08. The summed E-state index contributed by atoms with van der Waals surface area (Å²) in [6.45, 7) is 5.75. The third-order valence-electron chi connectivity index (χ3n) is 3.32. The Labute approximate surface area is 110 Å². The average molecular weight is 259 g/mol. The standard InChI is InChI=1S/C14H17N3O2/c1-3-5-9-6-7-11(10(9)4-2)17-12(15)8-13(18)16-14(17)19/h3-5,8,11H,2,6-7,15H2,1H3,(H,16,18,19)/b5-3-. The van der Waals surface area contributed by atoms with Gasteiger partial charge in [0.25, 0.3) is 5.56 Å². The van der Waals surface area contributed by atoms with Crippen molar-refractivity contribution < 1.29 is 0 Å². The van der Waals surface area contributed by atoms with Crippen molar-refractivity contribution in [2.45, 2.75) is 25.8 Å². The summed E-state index contributed by atoms with van der Waals surface area (Å²) in [6.07, 6.45) is 7.37. The quantitative estimate of drug-likeness (QED) is 0.863. The first kappa shape index (κ1) is 13.1. The molecule has 1 unspecified atom stereocenters. The minimum absolute atomic E-state index is 0.159. The Morgan fingerprint density at radius 2 is 2.26 bits per heavy atom. The average Bonchev–Trinajstić information content (AvgIpc) is 2.71. The molecule has 3 N–H and O–H groups in total. The maximum Gasteiger partial charge on any atom is 0.330 e. The van der Waals surface area contributed by atoms with Gasteiger partial charge in [0.05, 0.1) is 6.04 Å². The molecule has 0 bridgehead atoms. The first-order valence-corrected chi connectivity index (χ1v) is 6.18. The number of aromatic amines is 1. The van der Waals surface area contributed by atoms with Gasteiger partial charge in [-0.1, -0.05) is 24.8 Å². The summed E-state index contributed by atoms with van der Waals surface area (Å²) in [6, 6.07) is 1.07. The third kappa shape index (κ3) is 2.31. The van der Waals surface area contributed by atoms with Gasteiger partial charge in [-0.15, -0.1) is 0 Å². The number of rotatable bonds is 3. The van der Waals surface area contributed by atoms with E-state index >= 15 is 0 Å². The van der Waals surface area contributed by atoms with E-state index in [0.717, 1.165) is 24.0 Å². The van der Waals surface area contributed by atoms with E-state index in [-0.39, 0.29) is 11.9 Å². The number of aromatic nitrogens is 2. The van der Waals surface area contributed by atoms with Crippen molar-refractivity contribution in [1.29, 1.82) is 0 Å². The zero-order valence-electron chi connectivity index (χ0n) is 10.8. The SMILES string of the molecule is C=CC1=C(/C=C\C)CCC1n1c(N)cc(=O)[nH]c1=O. The molecule has 0 amide bonds. The number of H-pyrrole nitrogens is 1. The summed E-state index contributed by atoms with van der Waals surface area (Å²) >= 11 is 0. The summed E-state index contributed by atoms with van der Waals surface area (Å²) in [4.78, 5) is 25.4. The number of hydrogen-bond acceptors (Lipinski definition) is 3. The predicted octanol–water partition coefficient (Wildman–Crippen LogP) is 1.51. The molecule has 0 fully saturated rings. The molecule has 2 rings (SSSR count). The molecular formula is C14H17N3O2. The van der Waals surface area contributed by atoms with E-state index in [0.29, 0.717) is 0 Å². The van der Waals surface area contributed by atoms with Crippen molar-refractivity contribution in [1.82, 2.24) is 9.55 Å². The number of allylic oxidation sites excluding steroid dienone is 5. The minimum atomic E-state index is -0.477. The minimum Gasteiger partial charge on any atom is -0.385 e. The van der Waals surface area contributed by atoms with E-state index in [4.69, 9.17) is 5.73 Å². The first-order valence-electron chi connectivity index (χ1n) is 6.18. The van der Waals surface area contributed by atoms with Gasteiger partial charge in [-0.3, -0.25) is 14.3 Å². The Balaban J connectivity index is 2.58. The largest absolute Gasteiger partial charge is 0.385 e. The van der Waals surface area contributed by atoms with Crippen LogP contribution in [0.15, 0.2) is 51.6 Å². The highest BCUT2D eigenvalue weighted by atomic mass is 16.2. The summed E-state index contributed by atoms with van der Waals surface area (Å²) < 4.78 is 1.43. The molecule has 0 spiro atoms. The third-order valence-corrected chi connectivity index (χ3v) is 3.32. The molecule has 0 aliphatic heterocycles. The maximum absolute atomic E-state index is 11.9. The van der Waals surface area contributed by atoms with Crippen LogP contribution in [0.1, 0.15) is 25.8 Å². The van der Waals surface area contributed by atoms with Crippen molar-refractivity contribution in [2.24, 2.45) is 0 Å². The van der Waals surface area contributed by atoms with E-state index in [1.165, 1.54) is 10.6 Å². The van der Waals surface area contributed by atoms with Gasteiger partial charge in [0.15, 0.2) is 0 Å². The molecule has 19 heavy (non-hydrogen) atoms.